The molecule has 0 amide bonds. The molecule has 116 valence electrons. The Bertz CT molecular complexity index is 747. The lowest BCUT2D eigenvalue weighted by molar-refractivity contribution is 1.16. The van der Waals surface area contributed by atoms with Crippen LogP contribution in [0, 0.1) is 6.92 Å². The molecular weight excluding hydrogens is 298 g/mol. The number of rotatable bonds is 1. The molecule has 3 aromatic rings. The van der Waals surface area contributed by atoms with Crippen molar-refractivity contribution in [1.82, 2.24) is 0 Å². The second-order valence-electron chi connectivity index (χ2n) is 5.21. The topological polar surface area (TPSA) is 3.24 Å². The standard InChI is InChI=1S/C19H15NS.C2H6/c1-14-10-12-15(13-11-14)20-16-6-2-4-8-18(16)21-19-9-5-3-7-17(19)20;1-2/h2-13H,1H3;1-2H3. The summed E-state index contributed by atoms with van der Waals surface area (Å²) in [5, 5.41) is 0. The van der Waals surface area contributed by atoms with Crippen LogP contribution in [0.3, 0.4) is 0 Å². The highest BCUT2D eigenvalue weighted by Crippen LogP contribution is 2.50. The number of para-hydroxylation sites is 2. The van der Waals surface area contributed by atoms with Gasteiger partial charge in [-0.25, -0.2) is 0 Å². The molecule has 3 aromatic carbocycles. The third-order valence-corrected chi connectivity index (χ3v) is 4.85. The molecule has 0 unspecified atom stereocenters. The van der Waals surface area contributed by atoms with Gasteiger partial charge in [0, 0.05) is 15.5 Å². The van der Waals surface area contributed by atoms with E-state index >= 15 is 0 Å². The number of hydrogen-bond donors (Lipinski definition) is 0. The number of anilines is 3. The van der Waals surface area contributed by atoms with Gasteiger partial charge in [-0.05, 0) is 43.3 Å². The predicted molar refractivity (Wildman–Crippen MR) is 101 cm³/mol. The summed E-state index contributed by atoms with van der Waals surface area (Å²) in [6.07, 6.45) is 0. The molecule has 0 bridgehead atoms. The smallest absolute Gasteiger partial charge is 0.0601 e. The molecule has 0 fully saturated rings. The summed E-state index contributed by atoms with van der Waals surface area (Å²) in [4.78, 5) is 4.95. The number of fused-ring (bicyclic) bond motifs is 2. The maximum atomic E-state index is 2.35. The summed E-state index contributed by atoms with van der Waals surface area (Å²) in [5.74, 6) is 0. The summed E-state index contributed by atoms with van der Waals surface area (Å²) in [6.45, 7) is 6.12. The highest BCUT2D eigenvalue weighted by Gasteiger charge is 2.23. The summed E-state index contributed by atoms with van der Waals surface area (Å²) >= 11 is 1.84. The van der Waals surface area contributed by atoms with Crippen molar-refractivity contribution in [2.45, 2.75) is 30.6 Å². The van der Waals surface area contributed by atoms with Gasteiger partial charge in [-0.3, -0.25) is 0 Å². The van der Waals surface area contributed by atoms with Gasteiger partial charge in [-0.15, -0.1) is 0 Å². The Morgan fingerprint density at radius 3 is 1.65 bits per heavy atom. The van der Waals surface area contributed by atoms with E-state index in [9.17, 15) is 0 Å². The number of benzene rings is 3. The molecule has 1 aliphatic heterocycles. The third kappa shape index (κ3) is 2.99. The molecule has 23 heavy (non-hydrogen) atoms. The van der Waals surface area contributed by atoms with Crippen LogP contribution in [0.2, 0.25) is 0 Å². The van der Waals surface area contributed by atoms with Crippen molar-refractivity contribution in [2.75, 3.05) is 4.90 Å². The van der Waals surface area contributed by atoms with E-state index in [2.05, 4.69) is 84.6 Å². The van der Waals surface area contributed by atoms with Crippen LogP contribution in [0.15, 0.2) is 82.6 Å². The Hall–Kier alpha value is -2.19. The van der Waals surface area contributed by atoms with Crippen LogP contribution in [0.25, 0.3) is 0 Å². The maximum absolute atomic E-state index is 2.35. The lowest BCUT2D eigenvalue weighted by Crippen LogP contribution is -2.14. The molecule has 1 nitrogen and oxygen atoms in total. The fraction of sp³-hybridized carbons (Fsp3) is 0.143. The van der Waals surface area contributed by atoms with Gasteiger partial charge in [0.2, 0.25) is 0 Å². The van der Waals surface area contributed by atoms with Crippen molar-refractivity contribution in [3.05, 3.63) is 78.4 Å². The van der Waals surface area contributed by atoms with Crippen molar-refractivity contribution >= 4 is 28.8 Å². The van der Waals surface area contributed by atoms with Gasteiger partial charge in [0.15, 0.2) is 0 Å². The lowest BCUT2D eigenvalue weighted by Gasteiger charge is -2.32. The summed E-state index contributed by atoms with van der Waals surface area (Å²) in [5.41, 5.74) is 5.00. The molecular formula is C21H21NS. The Kier molecular flexibility index (Phi) is 4.73. The van der Waals surface area contributed by atoms with E-state index in [0.29, 0.717) is 0 Å². The number of nitrogens with zero attached hydrogens (tertiary/aromatic N) is 1. The van der Waals surface area contributed by atoms with Crippen LogP contribution < -0.4 is 4.90 Å². The first-order valence-corrected chi connectivity index (χ1v) is 8.87. The van der Waals surface area contributed by atoms with Gasteiger partial charge >= 0.3 is 0 Å². The maximum Gasteiger partial charge on any atom is 0.0601 e. The first-order valence-electron chi connectivity index (χ1n) is 8.06. The highest BCUT2D eigenvalue weighted by atomic mass is 32.2. The summed E-state index contributed by atoms with van der Waals surface area (Å²) in [6, 6.07) is 25.9. The highest BCUT2D eigenvalue weighted by molar-refractivity contribution is 7.99. The van der Waals surface area contributed by atoms with Crippen LogP contribution >= 0.6 is 11.8 Å². The van der Waals surface area contributed by atoms with Gasteiger partial charge < -0.3 is 4.90 Å². The Morgan fingerprint density at radius 1 is 0.652 bits per heavy atom. The van der Waals surface area contributed by atoms with Gasteiger partial charge in [0.05, 0.1) is 11.4 Å². The van der Waals surface area contributed by atoms with Crippen molar-refractivity contribution < 1.29 is 0 Å². The monoisotopic (exact) mass is 319 g/mol. The van der Waals surface area contributed by atoms with E-state index in [4.69, 9.17) is 0 Å². The van der Waals surface area contributed by atoms with Crippen LogP contribution in [-0.4, -0.2) is 0 Å². The largest absolute Gasteiger partial charge is 0.308 e. The molecule has 0 radical (unpaired) electrons. The van der Waals surface area contributed by atoms with E-state index in [1.165, 1.54) is 32.4 Å². The Labute approximate surface area is 143 Å². The Morgan fingerprint density at radius 2 is 1.13 bits per heavy atom. The van der Waals surface area contributed by atoms with Crippen LogP contribution in [-0.2, 0) is 0 Å². The summed E-state index contributed by atoms with van der Waals surface area (Å²) in [7, 11) is 0. The zero-order valence-corrected chi connectivity index (χ0v) is 14.6. The molecule has 0 spiro atoms. The molecule has 0 aromatic heterocycles. The minimum atomic E-state index is 1.21. The molecule has 1 aliphatic rings. The van der Waals surface area contributed by atoms with E-state index in [-0.39, 0.29) is 0 Å². The van der Waals surface area contributed by atoms with Crippen LogP contribution in [0.5, 0.6) is 0 Å². The van der Waals surface area contributed by atoms with Crippen molar-refractivity contribution in [1.29, 1.82) is 0 Å². The molecule has 4 rings (SSSR count). The van der Waals surface area contributed by atoms with Gasteiger partial charge in [0.25, 0.3) is 0 Å². The number of aryl methyl sites for hydroxylation is 1. The predicted octanol–water partition coefficient (Wildman–Crippen LogP) is 6.96. The molecule has 2 heteroatoms. The van der Waals surface area contributed by atoms with E-state index < -0.39 is 0 Å². The molecule has 1 heterocycles. The minimum Gasteiger partial charge on any atom is -0.308 e. The second kappa shape index (κ2) is 6.93. The first kappa shape index (κ1) is 15.7. The van der Waals surface area contributed by atoms with Crippen molar-refractivity contribution in [3.63, 3.8) is 0 Å². The third-order valence-electron chi connectivity index (χ3n) is 3.72. The zero-order valence-electron chi connectivity index (χ0n) is 13.8. The zero-order chi connectivity index (χ0) is 16.2. The van der Waals surface area contributed by atoms with Gasteiger partial charge in [-0.1, -0.05) is 67.6 Å². The fourth-order valence-electron chi connectivity index (χ4n) is 2.68. The lowest BCUT2D eigenvalue weighted by atomic mass is 10.1. The van der Waals surface area contributed by atoms with Crippen molar-refractivity contribution in [2.24, 2.45) is 0 Å². The second-order valence-corrected chi connectivity index (χ2v) is 6.29. The first-order chi connectivity index (χ1) is 11.3. The van der Waals surface area contributed by atoms with Gasteiger partial charge in [0.1, 0.15) is 0 Å². The summed E-state index contributed by atoms with van der Waals surface area (Å²) < 4.78 is 0. The quantitative estimate of drug-likeness (QED) is 0.373. The normalized spacial score (nSPS) is 11.9. The molecule has 0 atom stereocenters. The average Bonchev–Trinajstić information content (AvgIpc) is 2.62. The number of hydrogen-bond acceptors (Lipinski definition) is 2. The van der Waals surface area contributed by atoms with Crippen LogP contribution in [0.4, 0.5) is 17.1 Å². The molecule has 0 saturated carbocycles. The fourth-order valence-corrected chi connectivity index (χ4v) is 3.73. The SMILES string of the molecule is CC.Cc1ccc(N2c3ccccc3Sc3ccccc32)cc1. The van der Waals surface area contributed by atoms with E-state index in [0.717, 1.165) is 0 Å². The average molecular weight is 319 g/mol. The van der Waals surface area contributed by atoms with Gasteiger partial charge in [-0.2, -0.15) is 0 Å². The Balaban J connectivity index is 0.000000753. The van der Waals surface area contributed by atoms with Crippen LogP contribution in [0.1, 0.15) is 19.4 Å². The molecule has 0 saturated heterocycles. The van der Waals surface area contributed by atoms with E-state index in [1.54, 1.807) is 0 Å². The van der Waals surface area contributed by atoms with E-state index in [1.807, 2.05) is 25.6 Å². The van der Waals surface area contributed by atoms with Crippen molar-refractivity contribution in [3.8, 4) is 0 Å². The minimum absolute atomic E-state index is 1.21. The molecule has 0 aliphatic carbocycles. The molecule has 0 N–H and O–H groups in total.